The van der Waals surface area contributed by atoms with Gasteiger partial charge in [-0.15, -0.1) is 5.10 Å². The molecule has 5 nitrogen and oxygen atoms in total. The number of rotatable bonds is 6. The van der Waals surface area contributed by atoms with Gasteiger partial charge in [-0.25, -0.2) is 9.89 Å². The molecule has 0 bridgehead atoms. The first kappa shape index (κ1) is 15.4. The predicted molar refractivity (Wildman–Crippen MR) is 87.3 cm³/mol. The van der Waals surface area contributed by atoms with E-state index in [1.165, 1.54) is 17.5 Å². The van der Waals surface area contributed by atoms with Gasteiger partial charge in [-0.1, -0.05) is 36.0 Å². The maximum absolute atomic E-state index is 11.9. The van der Waals surface area contributed by atoms with Crippen LogP contribution in [0.5, 0.6) is 0 Å². The van der Waals surface area contributed by atoms with E-state index in [9.17, 15) is 4.79 Å². The normalized spacial score (nSPS) is 17.4. The fourth-order valence-electron chi connectivity index (χ4n) is 2.92. The number of methoxy groups -OCH3 is 1. The highest BCUT2D eigenvalue weighted by molar-refractivity contribution is 7.99. The molecule has 0 saturated carbocycles. The monoisotopic (exact) mass is 319 g/mol. The van der Waals surface area contributed by atoms with Crippen LogP contribution in [0.4, 0.5) is 0 Å². The van der Waals surface area contributed by atoms with Crippen LogP contribution in [0.15, 0.2) is 34.2 Å². The summed E-state index contributed by atoms with van der Waals surface area (Å²) in [5.74, 6) is 0. The van der Waals surface area contributed by atoms with Crippen molar-refractivity contribution in [3.8, 4) is 0 Å². The van der Waals surface area contributed by atoms with Gasteiger partial charge in [0.2, 0.25) is 0 Å². The van der Waals surface area contributed by atoms with Crippen LogP contribution >= 0.6 is 11.8 Å². The van der Waals surface area contributed by atoms with Crippen LogP contribution in [-0.2, 0) is 17.7 Å². The number of aromatic nitrogens is 3. The number of hydrogen-bond donors (Lipinski definition) is 1. The Bertz CT molecular complexity index is 680. The quantitative estimate of drug-likeness (QED) is 0.832. The van der Waals surface area contributed by atoms with Crippen molar-refractivity contribution in [3.05, 3.63) is 45.9 Å². The number of ether oxygens (including phenoxy) is 1. The molecule has 1 aromatic carbocycles. The Morgan fingerprint density at radius 1 is 1.45 bits per heavy atom. The summed E-state index contributed by atoms with van der Waals surface area (Å²) in [7, 11) is 1.67. The Hall–Kier alpha value is -1.53. The molecular weight excluding hydrogens is 298 g/mol. The van der Waals surface area contributed by atoms with Crippen LogP contribution in [0.3, 0.4) is 0 Å². The molecule has 1 aliphatic carbocycles. The lowest BCUT2D eigenvalue weighted by Gasteiger charge is -2.24. The second-order valence-corrected chi connectivity index (χ2v) is 6.68. The van der Waals surface area contributed by atoms with Crippen molar-refractivity contribution in [1.29, 1.82) is 0 Å². The highest BCUT2D eigenvalue weighted by Gasteiger charge is 2.23. The first-order valence-electron chi connectivity index (χ1n) is 7.68. The minimum atomic E-state index is -0.136. The zero-order valence-corrected chi connectivity index (χ0v) is 13.6. The zero-order valence-electron chi connectivity index (χ0n) is 12.7. The molecule has 1 aromatic heterocycles. The average Bonchev–Trinajstić information content (AvgIpc) is 2.89. The molecule has 118 valence electrons. The second-order valence-electron chi connectivity index (χ2n) is 5.51. The highest BCUT2D eigenvalue weighted by Crippen LogP contribution is 2.42. The van der Waals surface area contributed by atoms with E-state index in [0.717, 1.165) is 24.4 Å². The summed E-state index contributed by atoms with van der Waals surface area (Å²) in [6.07, 6.45) is 4.27. The van der Waals surface area contributed by atoms with Gasteiger partial charge in [-0.05, 0) is 36.8 Å². The molecule has 0 aliphatic heterocycles. The number of nitrogens with zero attached hydrogens (tertiary/aromatic N) is 2. The van der Waals surface area contributed by atoms with Gasteiger partial charge in [0.25, 0.3) is 0 Å². The molecule has 22 heavy (non-hydrogen) atoms. The van der Waals surface area contributed by atoms with Crippen molar-refractivity contribution < 1.29 is 4.74 Å². The van der Waals surface area contributed by atoms with Gasteiger partial charge < -0.3 is 4.74 Å². The van der Waals surface area contributed by atoms with Crippen molar-refractivity contribution in [2.45, 2.75) is 42.6 Å². The molecule has 0 spiro atoms. The number of hydrogen-bond acceptors (Lipinski definition) is 4. The topological polar surface area (TPSA) is 59.9 Å². The number of aromatic amines is 1. The van der Waals surface area contributed by atoms with Crippen LogP contribution in [0.1, 0.15) is 35.6 Å². The maximum Gasteiger partial charge on any atom is 0.343 e. The number of H-pyrrole nitrogens is 1. The molecule has 1 atom stereocenters. The molecule has 0 amide bonds. The summed E-state index contributed by atoms with van der Waals surface area (Å²) in [6.45, 7) is 1.29. The van der Waals surface area contributed by atoms with Crippen LogP contribution in [0, 0.1) is 0 Å². The van der Waals surface area contributed by atoms with E-state index in [-0.39, 0.29) is 5.69 Å². The van der Waals surface area contributed by atoms with E-state index in [1.54, 1.807) is 23.4 Å². The number of benzene rings is 1. The standard InChI is InChI=1S/C16H21N3O2S/c1-21-11-5-10-19-15(20)17-18-16(19)22-14-9-4-7-12-6-2-3-8-13(12)14/h2-3,6,8,14H,4-5,7,9-11H2,1H3,(H,17,20)/t14-/m0/s1. The van der Waals surface area contributed by atoms with Crippen LogP contribution in [0.2, 0.25) is 0 Å². The second kappa shape index (κ2) is 7.15. The summed E-state index contributed by atoms with van der Waals surface area (Å²) in [6, 6.07) is 8.60. The first-order chi connectivity index (χ1) is 10.8. The van der Waals surface area contributed by atoms with E-state index < -0.39 is 0 Å². The van der Waals surface area contributed by atoms with Crippen molar-refractivity contribution in [1.82, 2.24) is 14.8 Å². The summed E-state index contributed by atoms with van der Waals surface area (Å²) in [5.41, 5.74) is 2.68. The average molecular weight is 319 g/mol. The van der Waals surface area contributed by atoms with Crippen molar-refractivity contribution in [2.24, 2.45) is 0 Å². The minimum absolute atomic E-state index is 0.136. The lowest BCUT2D eigenvalue weighted by atomic mass is 9.91. The van der Waals surface area contributed by atoms with Crippen molar-refractivity contribution >= 4 is 11.8 Å². The van der Waals surface area contributed by atoms with Crippen molar-refractivity contribution in [3.63, 3.8) is 0 Å². The fourth-order valence-corrected chi connectivity index (χ4v) is 4.21. The van der Waals surface area contributed by atoms with E-state index in [2.05, 4.69) is 34.5 Å². The lowest BCUT2D eigenvalue weighted by Crippen LogP contribution is -2.19. The Morgan fingerprint density at radius 2 is 2.32 bits per heavy atom. The predicted octanol–water partition coefficient (Wildman–Crippen LogP) is 2.78. The summed E-state index contributed by atoms with van der Waals surface area (Å²) in [4.78, 5) is 11.9. The molecule has 0 radical (unpaired) electrons. The fraction of sp³-hybridized carbons (Fsp3) is 0.500. The Kier molecular flexibility index (Phi) is 5.00. The molecule has 2 aromatic rings. The third-order valence-electron chi connectivity index (χ3n) is 4.02. The number of fused-ring (bicyclic) bond motifs is 1. The van der Waals surface area contributed by atoms with E-state index in [0.29, 0.717) is 18.4 Å². The molecule has 6 heteroatoms. The molecule has 0 saturated heterocycles. The van der Waals surface area contributed by atoms with Gasteiger partial charge in [0, 0.05) is 25.5 Å². The van der Waals surface area contributed by atoms with Crippen LogP contribution < -0.4 is 5.69 Å². The third-order valence-corrected chi connectivity index (χ3v) is 5.31. The summed E-state index contributed by atoms with van der Waals surface area (Å²) < 4.78 is 6.79. The molecule has 0 fully saturated rings. The maximum atomic E-state index is 11.9. The minimum Gasteiger partial charge on any atom is -0.385 e. The van der Waals surface area contributed by atoms with Crippen molar-refractivity contribution in [2.75, 3.05) is 13.7 Å². The van der Waals surface area contributed by atoms with Gasteiger partial charge in [0.05, 0.1) is 0 Å². The Balaban J connectivity index is 1.78. The van der Waals surface area contributed by atoms with Crippen LogP contribution in [0.25, 0.3) is 0 Å². The molecule has 1 aliphatic rings. The van der Waals surface area contributed by atoms with Gasteiger partial charge in [-0.3, -0.25) is 4.57 Å². The van der Waals surface area contributed by atoms with Crippen LogP contribution in [-0.4, -0.2) is 28.5 Å². The summed E-state index contributed by atoms with van der Waals surface area (Å²) in [5, 5.41) is 7.94. The SMILES string of the molecule is COCCCn1c(S[C@H]2CCCc3ccccc32)n[nH]c1=O. The largest absolute Gasteiger partial charge is 0.385 e. The van der Waals surface area contributed by atoms with Gasteiger partial charge >= 0.3 is 5.69 Å². The van der Waals surface area contributed by atoms with E-state index in [1.807, 2.05) is 0 Å². The zero-order chi connectivity index (χ0) is 15.4. The third kappa shape index (κ3) is 3.28. The number of aryl methyl sites for hydroxylation is 1. The Morgan fingerprint density at radius 3 is 3.18 bits per heavy atom. The smallest absolute Gasteiger partial charge is 0.343 e. The van der Waals surface area contributed by atoms with E-state index in [4.69, 9.17) is 4.74 Å². The highest BCUT2D eigenvalue weighted by atomic mass is 32.2. The number of thioether (sulfide) groups is 1. The van der Waals surface area contributed by atoms with Gasteiger partial charge in [0.15, 0.2) is 5.16 Å². The molecule has 0 unspecified atom stereocenters. The lowest BCUT2D eigenvalue weighted by molar-refractivity contribution is 0.189. The molecule has 1 N–H and O–H groups in total. The summed E-state index contributed by atoms with van der Waals surface area (Å²) >= 11 is 1.69. The molecule has 3 rings (SSSR count). The van der Waals surface area contributed by atoms with E-state index >= 15 is 0 Å². The number of nitrogens with one attached hydrogen (secondary N) is 1. The van der Waals surface area contributed by atoms with Gasteiger partial charge in [0.1, 0.15) is 0 Å². The first-order valence-corrected chi connectivity index (χ1v) is 8.56. The van der Waals surface area contributed by atoms with Gasteiger partial charge in [-0.2, -0.15) is 0 Å². The Labute approximate surface area is 134 Å². The molecular formula is C16H21N3O2S. The molecule has 1 heterocycles.